The van der Waals surface area contributed by atoms with E-state index in [9.17, 15) is 8.22 Å². The molecule has 0 aromatic carbocycles. The molecule has 1 atom stereocenters. The van der Waals surface area contributed by atoms with E-state index in [0.717, 1.165) is 38.5 Å². The van der Waals surface area contributed by atoms with Crippen molar-refractivity contribution in [1.29, 1.82) is 0 Å². The van der Waals surface area contributed by atoms with Crippen molar-refractivity contribution in [3.05, 3.63) is 0 Å². The van der Waals surface area contributed by atoms with Crippen LogP contribution < -0.4 is 0 Å². The van der Waals surface area contributed by atoms with Crippen LogP contribution in [0.1, 0.15) is 65.2 Å². The zero-order valence-electron chi connectivity index (χ0n) is 10.8. The molecule has 1 rings (SSSR count). The Balaban J connectivity index is 2.46. The van der Waals surface area contributed by atoms with Crippen molar-refractivity contribution in [1.82, 2.24) is 0 Å². The van der Waals surface area contributed by atoms with Crippen molar-refractivity contribution in [3.63, 3.8) is 0 Å². The maximum absolute atomic E-state index is 14.2. The number of hydrogen-bond donors (Lipinski definition) is 0. The van der Waals surface area contributed by atoms with Crippen LogP contribution in [0.25, 0.3) is 0 Å². The van der Waals surface area contributed by atoms with E-state index in [-0.39, 0.29) is 17.5 Å². The molecule has 0 nitrogen and oxygen atoms in total. The Bertz CT molecular complexity index is 186. The van der Waals surface area contributed by atoms with Gasteiger partial charge in [-0.05, 0) is 18.8 Å². The fourth-order valence-electron chi connectivity index (χ4n) is 2.93. The predicted octanol–water partition coefficient (Wildman–Crippen LogP) is 5.53. The monoisotopic (exact) mass is 248 g/mol. The van der Waals surface area contributed by atoms with Gasteiger partial charge in [-0.2, -0.15) is 0 Å². The second-order valence-corrected chi connectivity index (χ2v) is 8.29. The largest absolute Gasteiger partial charge is 0.428 e. The summed E-state index contributed by atoms with van der Waals surface area (Å²) < 4.78 is 28.4. The van der Waals surface area contributed by atoms with Crippen LogP contribution >= 0.6 is 0 Å². The van der Waals surface area contributed by atoms with E-state index in [0.29, 0.717) is 0 Å². The zero-order valence-corrected chi connectivity index (χ0v) is 11.8. The second-order valence-electron chi connectivity index (χ2n) is 5.55. The SMILES string of the molecule is CCCC(C)C[Si](F)(F)C1CCCCCC1. The minimum absolute atomic E-state index is 0.200. The second kappa shape index (κ2) is 6.73. The van der Waals surface area contributed by atoms with E-state index in [2.05, 4.69) is 6.92 Å². The summed E-state index contributed by atoms with van der Waals surface area (Å²) in [4.78, 5) is 0. The number of halogens is 2. The molecular weight excluding hydrogens is 222 g/mol. The molecule has 0 N–H and O–H groups in total. The lowest BCUT2D eigenvalue weighted by atomic mass is 10.1. The molecule has 1 aliphatic rings. The van der Waals surface area contributed by atoms with Crippen molar-refractivity contribution in [2.75, 3.05) is 0 Å². The predicted molar refractivity (Wildman–Crippen MR) is 68.3 cm³/mol. The highest BCUT2D eigenvalue weighted by molar-refractivity contribution is 6.67. The molecule has 1 unspecified atom stereocenters. The lowest BCUT2D eigenvalue weighted by Crippen LogP contribution is -2.31. The Morgan fingerprint density at radius 3 is 2.19 bits per heavy atom. The van der Waals surface area contributed by atoms with E-state index in [1.165, 1.54) is 12.8 Å². The quantitative estimate of drug-likeness (QED) is 0.341. The van der Waals surface area contributed by atoms with Gasteiger partial charge < -0.3 is 0 Å². The van der Waals surface area contributed by atoms with Crippen LogP contribution in [-0.4, -0.2) is 8.74 Å². The highest BCUT2D eigenvalue weighted by Gasteiger charge is 2.44. The first-order valence-corrected chi connectivity index (χ1v) is 8.98. The molecule has 0 radical (unpaired) electrons. The van der Waals surface area contributed by atoms with Crippen molar-refractivity contribution in [3.8, 4) is 0 Å². The average molecular weight is 248 g/mol. The highest BCUT2D eigenvalue weighted by Crippen LogP contribution is 2.41. The fraction of sp³-hybridized carbons (Fsp3) is 1.00. The summed E-state index contributed by atoms with van der Waals surface area (Å²) in [6, 6.07) is 0.242. The first-order chi connectivity index (χ1) is 7.56. The van der Waals surface area contributed by atoms with E-state index in [1.807, 2.05) is 6.92 Å². The minimum Gasteiger partial charge on any atom is -0.270 e. The van der Waals surface area contributed by atoms with Gasteiger partial charge >= 0.3 is 8.74 Å². The molecule has 0 bridgehead atoms. The van der Waals surface area contributed by atoms with Crippen LogP contribution in [0, 0.1) is 5.92 Å². The molecular formula is C13H26F2Si. The van der Waals surface area contributed by atoms with Crippen molar-refractivity contribution < 1.29 is 8.22 Å². The molecule has 1 saturated carbocycles. The van der Waals surface area contributed by atoms with Gasteiger partial charge in [0.25, 0.3) is 0 Å². The maximum Gasteiger partial charge on any atom is 0.428 e. The molecule has 0 heterocycles. The van der Waals surface area contributed by atoms with Crippen molar-refractivity contribution >= 4 is 8.74 Å². The number of hydrogen-bond acceptors (Lipinski definition) is 0. The van der Waals surface area contributed by atoms with Crippen molar-refractivity contribution in [2.45, 2.75) is 76.8 Å². The van der Waals surface area contributed by atoms with Gasteiger partial charge in [-0.15, -0.1) is 0 Å². The molecule has 0 saturated heterocycles. The van der Waals surface area contributed by atoms with Crippen LogP contribution in [0.5, 0.6) is 0 Å². The van der Waals surface area contributed by atoms with Gasteiger partial charge in [-0.1, -0.05) is 52.4 Å². The Labute approximate surface area is 100 Å². The summed E-state index contributed by atoms with van der Waals surface area (Å²) in [6.07, 6.45) is 8.03. The molecule has 1 fully saturated rings. The Morgan fingerprint density at radius 2 is 1.69 bits per heavy atom. The summed E-state index contributed by atoms with van der Waals surface area (Å²) >= 11 is 0. The summed E-state index contributed by atoms with van der Waals surface area (Å²) in [5.74, 6) is 0.231. The van der Waals surface area contributed by atoms with E-state index < -0.39 is 8.74 Å². The topological polar surface area (TPSA) is 0 Å². The lowest BCUT2D eigenvalue weighted by Gasteiger charge is -2.25. The molecule has 96 valence electrons. The van der Waals surface area contributed by atoms with Crippen LogP contribution in [0.15, 0.2) is 0 Å². The fourth-order valence-corrected chi connectivity index (χ4v) is 5.65. The first kappa shape index (κ1) is 14.1. The molecule has 0 aromatic heterocycles. The third-order valence-corrected chi connectivity index (χ3v) is 6.87. The summed E-state index contributed by atoms with van der Waals surface area (Å²) in [6.45, 7) is 4.09. The molecule has 0 spiro atoms. The van der Waals surface area contributed by atoms with Crippen LogP contribution in [0.2, 0.25) is 11.6 Å². The molecule has 1 aliphatic carbocycles. The van der Waals surface area contributed by atoms with Crippen LogP contribution in [0.3, 0.4) is 0 Å². The van der Waals surface area contributed by atoms with Crippen LogP contribution in [0.4, 0.5) is 8.22 Å². The molecule has 0 amide bonds. The first-order valence-electron chi connectivity index (χ1n) is 6.94. The van der Waals surface area contributed by atoms with Crippen LogP contribution in [-0.2, 0) is 0 Å². The smallest absolute Gasteiger partial charge is 0.270 e. The lowest BCUT2D eigenvalue weighted by molar-refractivity contribution is 0.460. The Kier molecular flexibility index (Phi) is 5.94. The molecule has 0 aliphatic heterocycles. The van der Waals surface area contributed by atoms with E-state index in [4.69, 9.17) is 0 Å². The molecule has 3 heteroatoms. The summed E-state index contributed by atoms with van der Waals surface area (Å²) in [5, 5.41) is 0. The third kappa shape index (κ3) is 4.52. The normalized spacial score (nSPS) is 21.8. The highest BCUT2D eigenvalue weighted by atomic mass is 28.4. The minimum atomic E-state index is -3.94. The third-order valence-electron chi connectivity index (χ3n) is 3.85. The Morgan fingerprint density at radius 1 is 1.12 bits per heavy atom. The van der Waals surface area contributed by atoms with Gasteiger partial charge in [0.1, 0.15) is 0 Å². The standard InChI is InChI=1S/C13H26F2Si/c1-3-8-12(2)11-16(14,15)13-9-6-4-5-7-10-13/h12-13H,3-11H2,1-2H3. The van der Waals surface area contributed by atoms with E-state index >= 15 is 0 Å². The zero-order chi connectivity index (χ0) is 12.0. The van der Waals surface area contributed by atoms with Gasteiger partial charge in [0.05, 0.1) is 0 Å². The summed E-state index contributed by atoms with van der Waals surface area (Å²) in [7, 11) is -3.94. The maximum atomic E-state index is 14.2. The van der Waals surface area contributed by atoms with Gasteiger partial charge in [-0.25, -0.2) is 0 Å². The van der Waals surface area contributed by atoms with Crippen molar-refractivity contribution in [2.24, 2.45) is 5.92 Å². The average Bonchev–Trinajstić information content (AvgIpc) is 2.45. The summed E-state index contributed by atoms with van der Waals surface area (Å²) in [5.41, 5.74) is -0.200. The molecule has 0 aromatic rings. The van der Waals surface area contributed by atoms with E-state index in [1.54, 1.807) is 0 Å². The Hall–Kier alpha value is 0.0769. The number of rotatable bonds is 5. The van der Waals surface area contributed by atoms with Gasteiger partial charge in [0, 0.05) is 11.6 Å². The van der Waals surface area contributed by atoms with Gasteiger partial charge in [-0.3, -0.25) is 8.22 Å². The van der Waals surface area contributed by atoms with Gasteiger partial charge in [0.2, 0.25) is 0 Å². The van der Waals surface area contributed by atoms with Gasteiger partial charge in [0.15, 0.2) is 0 Å². The molecule has 16 heavy (non-hydrogen) atoms.